The molecule has 4 nitrogen and oxygen atoms in total. The minimum atomic E-state index is -4.70. The van der Waals surface area contributed by atoms with Crippen LogP contribution in [-0.2, 0) is 4.74 Å². The highest BCUT2D eigenvalue weighted by Crippen LogP contribution is 2.23. The average Bonchev–Trinajstić information content (AvgIpc) is 2.27. The molecule has 0 spiro atoms. The van der Waals surface area contributed by atoms with Gasteiger partial charge in [-0.05, 0) is 24.3 Å². The summed E-state index contributed by atoms with van der Waals surface area (Å²) in [6.07, 6.45) is -4.70. The maximum absolute atomic E-state index is 12.4. The van der Waals surface area contributed by atoms with E-state index in [4.69, 9.17) is 9.94 Å². The lowest BCUT2D eigenvalue weighted by atomic mass is 10.1. The van der Waals surface area contributed by atoms with Gasteiger partial charge < -0.3 is 14.7 Å². The summed E-state index contributed by atoms with van der Waals surface area (Å²) in [6.45, 7) is -0.000433. The molecule has 0 unspecified atom stereocenters. The molecule has 1 aromatic carbocycles. The number of rotatable bonds is 4. The molecule has 0 aromatic heterocycles. The second-order valence-corrected chi connectivity index (χ2v) is 3.02. The van der Waals surface area contributed by atoms with Gasteiger partial charge in [-0.15, -0.1) is 0 Å². The van der Waals surface area contributed by atoms with Crippen LogP contribution >= 0.6 is 0 Å². The van der Waals surface area contributed by atoms with Crippen LogP contribution in [0.5, 0.6) is 5.75 Å². The number of halogens is 3. The van der Waals surface area contributed by atoms with E-state index in [-0.39, 0.29) is 12.4 Å². The standard InChI is InChI=1S/C10H10F3NO3/c1-16-6-17-8-4-2-7(3-5-8)9(14-15)10(11,12)13/h2-5,15H,6H2,1H3/b14-9+. The first-order valence-electron chi connectivity index (χ1n) is 4.50. The van der Waals surface area contributed by atoms with Crippen molar-refractivity contribution in [3.63, 3.8) is 0 Å². The van der Waals surface area contributed by atoms with Gasteiger partial charge in [-0.25, -0.2) is 0 Å². The summed E-state index contributed by atoms with van der Waals surface area (Å²) in [4.78, 5) is 0. The van der Waals surface area contributed by atoms with Crippen molar-refractivity contribution in [3.05, 3.63) is 29.8 Å². The van der Waals surface area contributed by atoms with E-state index in [1.165, 1.54) is 19.2 Å². The first-order chi connectivity index (χ1) is 7.99. The van der Waals surface area contributed by atoms with Crippen LogP contribution in [-0.4, -0.2) is 31.0 Å². The summed E-state index contributed by atoms with van der Waals surface area (Å²) in [6, 6.07) is 4.94. The quantitative estimate of drug-likeness (QED) is 0.386. The maximum atomic E-state index is 12.4. The van der Waals surface area contributed by atoms with Crippen molar-refractivity contribution in [3.8, 4) is 5.75 Å². The normalized spacial score (nSPS) is 12.6. The molecule has 17 heavy (non-hydrogen) atoms. The van der Waals surface area contributed by atoms with E-state index in [1.807, 2.05) is 0 Å². The van der Waals surface area contributed by atoms with Gasteiger partial charge in [-0.2, -0.15) is 13.2 Å². The first kappa shape index (κ1) is 13.3. The Morgan fingerprint density at radius 2 is 1.88 bits per heavy atom. The zero-order valence-electron chi connectivity index (χ0n) is 8.86. The van der Waals surface area contributed by atoms with Crippen molar-refractivity contribution in [1.29, 1.82) is 0 Å². The van der Waals surface area contributed by atoms with Crippen LogP contribution in [0.2, 0.25) is 0 Å². The Morgan fingerprint density at radius 3 is 2.29 bits per heavy atom. The van der Waals surface area contributed by atoms with E-state index in [1.54, 1.807) is 0 Å². The third-order valence-corrected chi connectivity index (χ3v) is 1.84. The van der Waals surface area contributed by atoms with Crippen LogP contribution in [0, 0.1) is 0 Å². The highest BCUT2D eigenvalue weighted by molar-refractivity contribution is 6.04. The number of ether oxygens (including phenoxy) is 2. The molecule has 7 heteroatoms. The third kappa shape index (κ3) is 3.63. The van der Waals surface area contributed by atoms with E-state index >= 15 is 0 Å². The van der Waals surface area contributed by atoms with Gasteiger partial charge in [0.25, 0.3) is 0 Å². The number of oxime groups is 1. The summed E-state index contributed by atoms with van der Waals surface area (Å²) in [5.41, 5.74) is -1.60. The minimum absolute atomic E-state index is 0.000433. The molecule has 94 valence electrons. The lowest BCUT2D eigenvalue weighted by molar-refractivity contribution is -0.0601. The van der Waals surface area contributed by atoms with E-state index in [0.717, 1.165) is 12.1 Å². The molecule has 0 heterocycles. The summed E-state index contributed by atoms with van der Waals surface area (Å²) in [7, 11) is 1.43. The van der Waals surface area contributed by atoms with Crippen LogP contribution < -0.4 is 4.74 Å². The van der Waals surface area contributed by atoms with Crippen molar-refractivity contribution < 1.29 is 27.9 Å². The number of benzene rings is 1. The van der Waals surface area contributed by atoms with Crippen LogP contribution in [0.4, 0.5) is 13.2 Å². The van der Waals surface area contributed by atoms with Crippen molar-refractivity contribution in [2.75, 3.05) is 13.9 Å². The SMILES string of the molecule is COCOc1ccc(/C(=N\O)C(F)(F)F)cc1. The highest BCUT2D eigenvalue weighted by atomic mass is 19.4. The van der Waals surface area contributed by atoms with Gasteiger partial charge in [0.15, 0.2) is 12.5 Å². The Labute approximate surface area is 95.3 Å². The van der Waals surface area contributed by atoms with Gasteiger partial charge in [0.2, 0.25) is 0 Å². The zero-order chi connectivity index (χ0) is 12.9. The monoisotopic (exact) mass is 249 g/mol. The predicted molar refractivity (Wildman–Crippen MR) is 53.3 cm³/mol. The molecular weight excluding hydrogens is 239 g/mol. The smallest absolute Gasteiger partial charge is 0.437 e. The summed E-state index contributed by atoms with van der Waals surface area (Å²) in [5, 5.41) is 10.6. The van der Waals surface area contributed by atoms with Crippen LogP contribution in [0.1, 0.15) is 5.56 Å². The Hall–Kier alpha value is -1.76. The van der Waals surface area contributed by atoms with Crippen LogP contribution in [0.3, 0.4) is 0 Å². The molecule has 1 rings (SSSR count). The largest absolute Gasteiger partial charge is 0.468 e. The van der Waals surface area contributed by atoms with Gasteiger partial charge >= 0.3 is 6.18 Å². The Kier molecular flexibility index (Phi) is 4.33. The molecule has 0 aliphatic carbocycles. The molecular formula is C10H10F3NO3. The molecule has 0 bridgehead atoms. The van der Waals surface area contributed by atoms with E-state index in [9.17, 15) is 13.2 Å². The lowest BCUT2D eigenvalue weighted by Crippen LogP contribution is -2.23. The molecule has 0 aliphatic heterocycles. The maximum Gasteiger partial charge on any atom is 0.437 e. The van der Waals surface area contributed by atoms with E-state index < -0.39 is 11.9 Å². The summed E-state index contributed by atoms with van der Waals surface area (Å²) in [5.74, 6) is 0.357. The molecule has 0 aliphatic rings. The van der Waals surface area contributed by atoms with Gasteiger partial charge in [0.05, 0.1) is 0 Å². The average molecular weight is 249 g/mol. The topological polar surface area (TPSA) is 51.0 Å². The summed E-state index contributed by atoms with van der Waals surface area (Å²) < 4.78 is 46.7. The number of methoxy groups -OCH3 is 1. The Bertz CT molecular complexity index is 387. The molecule has 1 aromatic rings. The van der Waals surface area contributed by atoms with Crippen LogP contribution in [0.15, 0.2) is 29.4 Å². The number of alkyl halides is 3. The molecule has 0 saturated carbocycles. The van der Waals surface area contributed by atoms with Crippen molar-refractivity contribution in [2.24, 2.45) is 5.16 Å². The Balaban J connectivity index is 2.87. The highest BCUT2D eigenvalue weighted by Gasteiger charge is 2.37. The number of hydrogen-bond acceptors (Lipinski definition) is 4. The van der Waals surface area contributed by atoms with Crippen molar-refractivity contribution >= 4 is 5.71 Å². The fourth-order valence-corrected chi connectivity index (χ4v) is 1.11. The van der Waals surface area contributed by atoms with Crippen molar-refractivity contribution in [2.45, 2.75) is 6.18 Å². The second kappa shape index (κ2) is 5.53. The second-order valence-electron chi connectivity index (χ2n) is 3.02. The molecule has 0 atom stereocenters. The predicted octanol–water partition coefficient (Wildman–Crippen LogP) is 2.41. The van der Waals surface area contributed by atoms with E-state index in [0.29, 0.717) is 5.75 Å². The van der Waals surface area contributed by atoms with Gasteiger partial charge in [-0.1, -0.05) is 5.16 Å². The Morgan fingerprint density at radius 1 is 1.29 bits per heavy atom. The summed E-state index contributed by atoms with van der Waals surface area (Å²) >= 11 is 0. The fraction of sp³-hybridized carbons (Fsp3) is 0.300. The van der Waals surface area contributed by atoms with E-state index in [2.05, 4.69) is 9.89 Å². The van der Waals surface area contributed by atoms with Gasteiger partial charge in [0.1, 0.15) is 5.75 Å². The lowest BCUT2D eigenvalue weighted by Gasteiger charge is -2.09. The van der Waals surface area contributed by atoms with Gasteiger partial charge in [-0.3, -0.25) is 0 Å². The van der Waals surface area contributed by atoms with Gasteiger partial charge in [0, 0.05) is 12.7 Å². The number of nitrogens with zero attached hydrogens (tertiary/aromatic N) is 1. The molecule has 0 fully saturated rings. The fourth-order valence-electron chi connectivity index (χ4n) is 1.11. The molecule has 0 saturated heterocycles. The minimum Gasteiger partial charge on any atom is -0.468 e. The van der Waals surface area contributed by atoms with Crippen LogP contribution in [0.25, 0.3) is 0 Å². The number of hydrogen-bond donors (Lipinski definition) is 1. The molecule has 0 radical (unpaired) electrons. The molecule has 1 N–H and O–H groups in total. The van der Waals surface area contributed by atoms with Crippen molar-refractivity contribution in [1.82, 2.24) is 0 Å². The molecule has 0 amide bonds. The first-order valence-corrected chi connectivity index (χ1v) is 4.50. The third-order valence-electron chi connectivity index (χ3n) is 1.84. The zero-order valence-corrected chi connectivity index (χ0v) is 8.86.